The van der Waals surface area contributed by atoms with Gasteiger partial charge in [0.15, 0.2) is 0 Å². The highest BCUT2D eigenvalue weighted by atomic mass is 19.1. The fourth-order valence-corrected chi connectivity index (χ4v) is 20.5. The number of nitrogens with one attached hydrogen (secondary N) is 5. The zero-order valence-corrected chi connectivity index (χ0v) is 84.7. The Morgan fingerprint density at radius 2 is 0.511 bits per heavy atom. The van der Waals surface area contributed by atoms with Crippen LogP contribution >= 0.6 is 0 Å². The molecule has 0 atom stereocenters. The first-order valence-corrected chi connectivity index (χ1v) is 48.7. The normalized spacial score (nSPS) is 18.0. The molecule has 16 heteroatoms. The highest BCUT2D eigenvalue weighted by Crippen LogP contribution is 2.53. The molecule has 1 saturated carbocycles. The van der Waals surface area contributed by atoms with Crippen molar-refractivity contribution < 1.29 is 53.9 Å². The minimum atomic E-state index is -1.03. The quantitative estimate of drug-likeness (QED) is 0.0270. The van der Waals surface area contributed by atoms with Crippen molar-refractivity contribution in [2.24, 2.45) is 0 Å². The number of aryl methyl sites for hydroxylation is 3. The molecule has 6 aliphatic rings. The molecule has 0 heterocycles. The summed E-state index contributed by atoms with van der Waals surface area (Å²) in [4.78, 5) is 54.8. The summed E-state index contributed by atoms with van der Waals surface area (Å²) >= 11 is 0. The van der Waals surface area contributed by atoms with Gasteiger partial charge in [-0.25, -0.2) is 9.18 Å². The number of hydrogen-bond donors (Lipinski definition) is 10. The third-order valence-corrected chi connectivity index (χ3v) is 30.9. The number of halogens is 1. The molecule has 6 aliphatic carbocycles. The molecule has 0 amide bonds. The fourth-order valence-electron chi connectivity index (χ4n) is 20.5. The summed E-state index contributed by atoms with van der Waals surface area (Å²) < 4.78 is 14.0. The Kier molecular flexibility index (Phi) is 30.4. The zero-order valence-electron chi connectivity index (χ0n) is 84.7. The first kappa shape index (κ1) is 102. The second kappa shape index (κ2) is 40.0. The molecule has 0 aliphatic heterocycles. The van der Waals surface area contributed by atoms with E-state index in [2.05, 4.69) is 259 Å². The zero-order chi connectivity index (χ0) is 98.7. The monoisotopic (exact) mass is 1830 g/mol. The molecule has 1 fully saturated rings. The third kappa shape index (κ3) is 24.7. The summed E-state index contributed by atoms with van der Waals surface area (Å²) in [7, 11) is 0. The molecular weight excluding hydrogens is 1680 g/mol. The van der Waals surface area contributed by atoms with Crippen molar-refractivity contribution in [1.29, 1.82) is 0 Å². The number of benzene rings is 10. The van der Waals surface area contributed by atoms with Crippen LogP contribution in [0, 0.1) is 26.6 Å². The van der Waals surface area contributed by atoms with Crippen molar-refractivity contribution in [2.75, 3.05) is 26.6 Å². The van der Waals surface area contributed by atoms with Gasteiger partial charge in [-0.1, -0.05) is 254 Å². The molecule has 0 bridgehead atoms. The average Bonchev–Trinajstić information content (AvgIpc) is 1.25. The lowest BCUT2D eigenvalue weighted by Crippen LogP contribution is -2.34. The van der Waals surface area contributed by atoms with Crippen molar-refractivity contribution in [3.8, 4) is 0 Å². The molecule has 0 aromatic heterocycles. The van der Waals surface area contributed by atoms with E-state index in [-0.39, 0.29) is 79.0 Å². The Bertz CT molecular complexity index is 6000. The Balaban J connectivity index is 0.000000152. The van der Waals surface area contributed by atoms with Crippen LogP contribution in [-0.4, -0.2) is 55.4 Å². The second-order valence-corrected chi connectivity index (χ2v) is 46.1. The third-order valence-electron chi connectivity index (χ3n) is 30.9. The summed E-state index contributed by atoms with van der Waals surface area (Å²) in [6, 6.07) is 62.7. The van der Waals surface area contributed by atoms with E-state index < -0.39 is 41.1 Å². The second-order valence-electron chi connectivity index (χ2n) is 46.1. The van der Waals surface area contributed by atoms with Crippen LogP contribution < -0.4 is 26.6 Å². The Morgan fingerprint density at radius 3 is 0.793 bits per heavy atom. The van der Waals surface area contributed by atoms with Gasteiger partial charge >= 0.3 is 29.8 Å². The van der Waals surface area contributed by atoms with E-state index >= 15 is 0 Å². The number of aliphatic carboxylic acids is 4. The lowest BCUT2D eigenvalue weighted by molar-refractivity contribution is -0.140. The van der Waals surface area contributed by atoms with Gasteiger partial charge in [-0.05, 0) is 347 Å². The first-order chi connectivity index (χ1) is 63.0. The Labute approximate surface area is 803 Å². The molecule has 0 unspecified atom stereocenters. The molecule has 0 spiro atoms. The Hall–Kier alpha value is -11.5. The average molecular weight is 1830 g/mol. The van der Waals surface area contributed by atoms with Crippen molar-refractivity contribution in [3.63, 3.8) is 0 Å². The molecule has 718 valence electrons. The maximum atomic E-state index is 14.0. The largest absolute Gasteiger partial charge is 0.481 e. The molecular formula is C119H150FN5O10. The van der Waals surface area contributed by atoms with Gasteiger partial charge in [0.05, 0.1) is 30.2 Å². The molecule has 10 aromatic carbocycles. The van der Waals surface area contributed by atoms with E-state index in [9.17, 15) is 33.5 Å². The summed E-state index contributed by atoms with van der Waals surface area (Å²) in [5, 5.41) is 62.2. The number of rotatable bonds is 24. The van der Waals surface area contributed by atoms with Crippen molar-refractivity contribution in [2.45, 2.75) is 348 Å². The van der Waals surface area contributed by atoms with Crippen LogP contribution in [0.3, 0.4) is 0 Å². The number of fused-ring (bicyclic) bond motifs is 5. The maximum absolute atomic E-state index is 14.0. The van der Waals surface area contributed by atoms with Crippen LogP contribution in [0.2, 0.25) is 0 Å². The van der Waals surface area contributed by atoms with Gasteiger partial charge in [-0.3, -0.25) is 19.2 Å². The predicted octanol–water partition coefficient (Wildman–Crippen LogP) is 28.0. The van der Waals surface area contributed by atoms with E-state index in [0.29, 0.717) is 17.8 Å². The Morgan fingerprint density at radius 1 is 0.259 bits per heavy atom. The standard InChI is InChI=1S/C26H33NO2.C24H31NO2.C23H28FNO2.2C23H29NO2/c1-17-14-21-22(25(4,5)11-10-24(21,2)3)15-18(17)16-27-20-8-6-19(7-9-20)26(12-13-26)23(28)29;1-16-12-20-21(24(4,5)11-10-23(20,2)3)14-18(16)15-25-19-8-6-17(7-9-19)13-22(26)27;1-22(2)9-10-23(3,4)19-11-15(5-8-18(19)22)14-25-17-7-6-16(12-21(26)27)20(24)13-17;1-15-12-19-20(23(4,5)11-10-22(19,2)3)13-17(15)14-24-18-8-6-16(7-9-18)21(25)26;1-22(2)11-12-23(3,4)20-13-17(7-10-19(20)22)15-24-18-8-5-16(6-9-18)14-21(25)26/h6-9,14-15,27H,10-13,16H2,1-5H3,(H,28,29);6-9,12,14,25H,10-11,13,15H2,1-5H3,(H,26,27);5-8,11,13,25H,9-10,12,14H2,1-4H3,(H,26,27);6-9,12-13,24H,10-11,14H2,1-5H3,(H,25,26);5-10,13,24H,11-12,14-15H2,1-4H3,(H,25,26). The van der Waals surface area contributed by atoms with Gasteiger partial charge in [0, 0.05) is 61.2 Å². The topological polar surface area (TPSA) is 247 Å². The number of carboxylic acids is 5. The van der Waals surface area contributed by atoms with Gasteiger partial charge in [0.1, 0.15) is 5.82 Å². The van der Waals surface area contributed by atoms with Crippen molar-refractivity contribution in [3.05, 3.63) is 322 Å². The lowest BCUT2D eigenvalue weighted by atomic mass is 9.62. The number of anilines is 5. The minimum Gasteiger partial charge on any atom is -0.481 e. The number of carboxylic acid groups (broad SMARTS) is 5. The molecule has 135 heavy (non-hydrogen) atoms. The smallest absolute Gasteiger partial charge is 0.335 e. The summed E-state index contributed by atoms with van der Waals surface area (Å²) in [5.41, 5.74) is 34.3. The lowest BCUT2D eigenvalue weighted by Gasteiger charge is -2.42. The minimum absolute atomic E-state index is 0.0646. The first-order valence-electron chi connectivity index (χ1n) is 48.7. The van der Waals surface area contributed by atoms with Gasteiger partial charge in [0.2, 0.25) is 0 Å². The molecule has 16 rings (SSSR count). The van der Waals surface area contributed by atoms with Crippen LogP contribution in [0.5, 0.6) is 0 Å². The number of carbonyl (C=O) groups is 5. The molecule has 15 nitrogen and oxygen atoms in total. The maximum Gasteiger partial charge on any atom is 0.335 e. The highest BCUT2D eigenvalue weighted by Gasteiger charge is 2.52. The number of hydrogen-bond acceptors (Lipinski definition) is 10. The van der Waals surface area contributed by atoms with E-state index in [1.807, 2.05) is 84.9 Å². The van der Waals surface area contributed by atoms with Crippen LogP contribution in [0.1, 0.15) is 348 Å². The summed E-state index contributed by atoms with van der Waals surface area (Å²) in [6.07, 6.45) is 13.4. The van der Waals surface area contributed by atoms with Gasteiger partial charge in [-0.2, -0.15) is 0 Å². The predicted molar refractivity (Wildman–Crippen MR) is 551 cm³/mol. The van der Waals surface area contributed by atoms with Crippen molar-refractivity contribution >= 4 is 58.3 Å². The SMILES string of the molecule is CC1(C)CCC(C)(C)c2cc(CNc3ccc(CC(=O)O)c(F)c3)ccc21.CC1(C)CCC(C)(C)c2cc(CNc3ccc(CC(=O)O)cc3)ccc21.Cc1cc2c(cc1CNc1ccc(C(=O)O)cc1)C(C)(C)CCC2(C)C.Cc1cc2c(cc1CNc1ccc(C3(C(=O)O)CC3)cc1)C(C)(C)CCC2(C)C.Cc1cc2c(cc1CNc1ccc(CC(=O)O)cc1)C(C)(C)CCC2(C)C. The van der Waals surface area contributed by atoms with E-state index in [1.54, 1.807) is 18.2 Å². The van der Waals surface area contributed by atoms with Crippen LogP contribution in [0.4, 0.5) is 32.8 Å². The van der Waals surface area contributed by atoms with Gasteiger partial charge < -0.3 is 52.1 Å². The molecule has 10 aromatic rings. The number of aromatic carboxylic acids is 1. The van der Waals surface area contributed by atoms with E-state index in [4.69, 9.17) is 20.4 Å². The van der Waals surface area contributed by atoms with Gasteiger partial charge in [0.25, 0.3) is 0 Å². The van der Waals surface area contributed by atoms with Crippen LogP contribution in [-0.2, 0) is 131 Å². The highest BCUT2D eigenvalue weighted by molar-refractivity contribution is 5.88. The summed E-state index contributed by atoms with van der Waals surface area (Å²) in [5.74, 6) is -4.72. The fraction of sp³-hybridized carbons (Fsp3) is 0.454. The van der Waals surface area contributed by atoms with Crippen LogP contribution in [0.15, 0.2) is 188 Å². The van der Waals surface area contributed by atoms with E-state index in [1.165, 1.54) is 171 Å². The summed E-state index contributed by atoms with van der Waals surface area (Å²) in [6.45, 7) is 57.1. The molecule has 10 N–H and O–H groups in total. The van der Waals surface area contributed by atoms with Crippen molar-refractivity contribution in [1.82, 2.24) is 0 Å². The van der Waals surface area contributed by atoms with Gasteiger partial charge in [-0.15, -0.1) is 0 Å². The van der Waals surface area contributed by atoms with E-state index in [0.717, 1.165) is 84.0 Å². The molecule has 0 radical (unpaired) electrons. The van der Waals surface area contributed by atoms with Crippen LogP contribution in [0.25, 0.3) is 0 Å². The molecule has 0 saturated heterocycles.